The van der Waals surface area contributed by atoms with Gasteiger partial charge in [-0.1, -0.05) is 6.92 Å². The second kappa shape index (κ2) is 7.39. The Morgan fingerprint density at radius 3 is 3.21 bits per heavy atom. The lowest BCUT2D eigenvalue weighted by atomic mass is 10.2. The van der Waals surface area contributed by atoms with Crippen molar-refractivity contribution in [3.05, 3.63) is 35.7 Å². The zero-order valence-electron chi connectivity index (χ0n) is 13.9. The summed E-state index contributed by atoms with van der Waals surface area (Å²) in [5.74, 6) is 1.89. The molecule has 128 valence electrons. The van der Waals surface area contributed by atoms with E-state index in [4.69, 9.17) is 9.47 Å². The third kappa shape index (κ3) is 3.53. The van der Waals surface area contributed by atoms with Gasteiger partial charge in [0.15, 0.2) is 5.82 Å². The molecule has 3 rings (SSSR count). The summed E-state index contributed by atoms with van der Waals surface area (Å²) in [6.45, 7) is 3.44. The van der Waals surface area contributed by atoms with Crippen LogP contribution in [0.5, 0.6) is 5.75 Å². The summed E-state index contributed by atoms with van der Waals surface area (Å²) < 4.78 is 10.9. The molecule has 0 unspecified atom stereocenters. The van der Waals surface area contributed by atoms with Gasteiger partial charge in [-0.25, -0.2) is 4.98 Å². The van der Waals surface area contributed by atoms with Crippen molar-refractivity contribution in [2.24, 2.45) is 0 Å². The molecule has 1 N–H and O–H groups in total. The molecule has 1 fully saturated rings. The Labute approximate surface area is 140 Å². The number of methoxy groups -OCH3 is 1. The van der Waals surface area contributed by atoms with E-state index in [0.717, 1.165) is 18.7 Å². The van der Waals surface area contributed by atoms with Gasteiger partial charge < -0.3 is 14.4 Å². The average Bonchev–Trinajstić information content (AvgIpc) is 3.10. The van der Waals surface area contributed by atoms with E-state index >= 15 is 0 Å². The molecule has 0 radical (unpaired) electrons. The SMILES string of the molecule is CCCc1nc([C@@H]2CN(C(=O)c3cc(OC)ccn3)CCO2)n[nH]1. The van der Waals surface area contributed by atoms with E-state index in [1.54, 1.807) is 30.3 Å². The quantitative estimate of drug-likeness (QED) is 0.889. The van der Waals surface area contributed by atoms with Crippen LogP contribution in [0.15, 0.2) is 18.3 Å². The number of H-pyrrole nitrogens is 1. The molecule has 0 bridgehead atoms. The zero-order chi connectivity index (χ0) is 16.9. The minimum atomic E-state index is -0.324. The first-order chi connectivity index (χ1) is 11.7. The molecule has 8 nitrogen and oxygen atoms in total. The summed E-state index contributed by atoms with van der Waals surface area (Å²) in [5.41, 5.74) is 0.358. The first kappa shape index (κ1) is 16.4. The second-order valence-electron chi connectivity index (χ2n) is 5.58. The van der Waals surface area contributed by atoms with Crippen molar-refractivity contribution in [2.45, 2.75) is 25.9 Å². The minimum Gasteiger partial charge on any atom is -0.497 e. The van der Waals surface area contributed by atoms with E-state index in [0.29, 0.717) is 37.0 Å². The van der Waals surface area contributed by atoms with E-state index in [2.05, 4.69) is 27.1 Å². The summed E-state index contributed by atoms with van der Waals surface area (Å²) in [6, 6.07) is 3.35. The fraction of sp³-hybridized carbons (Fsp3) is 0.500. The topological polar surface area (TPSA) is 93.2 Å². The van der Waals surface area contributed by atoms with Gasteiger partial charge in [0.05, 0.1) is 20.3 Å². The highest BCUT2D eigenvalue weighted by Crippen LogP contribution is 2.21. The van der Waals surface area contributed by atoms with Crippen LogP contribution in [0.1, 0.15) is 41.6 Å². The second-order valence-corrected chi connectivity index (χ2v) is 5.58. The van der Waals surface area contributed by atoms with Crippen molar-refractivity contribution in [1.82, 2.24) is 25.1 Å². The molecular formula is C16H21N5O3. The molecule has 1 atom stereocenters. The van der Waals surface area contributed by atoms with Gasteiger partial charge in [-0.05, 0) is 12.5 Å². The van der Waals surface area contributed by atoms with E-state index in [9.17, 15) is 4.79 Å². The van der Waals surface area contributed by atoms with Crippen LogP contribution in [0.4, 0.5) is 0 Å². The molecule has 2 aromatic rings. The summed E-state index contributed by atoms with van der Waals surface area (Å²) in [4.78, 5) is 23.0. The van der Waals surface area contributed by atoms with Crippen LogP contribution in [-0.4, -0.2) is 57.8 Å². The predicted molar refractivity (Wildman–Crippen MR) is 85.8 cm³/mol. The maximum Gasteiger partial charge on any atom is 0.272 e. The molecule has 0 spiro atoms. The molecule has 1 amide bonds. The van der Waals surface area contributed by atoms with Crippen LogP contribution < -0.4 is 4.74 Å². The normalized spacial score (nSPS) is 17.8. The number of pyridine rings is 1. The van der Waals surface area contributed by atoms with E-state index in [1.165, 1.54) is 0 Å². The Kier molecular flexibility index (Phi) is 5.05. The number of hydrogen-bond acceptors (Lipinski definition) is 6. The van der Waals surface area contributed by atoms with E-state index < -0.39 is 0 Å². The first-order valence-corrected chi connectivity index (χ1v) is 8.03. The standard InChI is InChI=1S/C16H21N5O3/c1-3-4-14-18-15(20-19-14)13-10-21(7-8-24-13)16(22)12-9-11(23-2)5-6-17-12/h5-6,9,13H,3-4,7-8,10H2,1-2H3,(H,18,19,20)/t13-/m0/s1. The Hall–Kier alpha value is -2.48. The summed E-state index contributed by atoms with van der Waals surface area (Å²) >= 11 is 0. The van der Waals surface area contributed by atoms with Gasteiger partial charge in [0.25, 0.3) is 5.91 Å². The maximum absolute atomic E-state index is 12.7. The number of rotatable bonds is 5. The Balaban J connectivity index is 1.71. The number of morpholine rings is 1. The highest BCUT2D eigenvalue weighted by atomic mass is 16.5. The van der Waals surface area contributed by atoms with E-state index in [1.807, 2.05) is 0 Å². The highest BCUT2D eigenvalue weighted by molar-refractivity contribution is 5.92. The van der Waals surface area contributed by atoms with Gasteiger partial charge in [-0.3, -0.25) is 14.9 Å². The lowest BCUT2D eigenvalue weighted by molar-refractivity contribution is -0.0268. The largest absolute Gasteiger partial charge is 0.497 e. The van der Waals surface area contributed by atoms with Gasteiger partial charge in [-0.15, -0.1) is 0 Å². The number of aromatic nitrogens is 4. The van der Waals surface area contributed by atoms with Crippen molar-refractivity contribution in [3.63, 3.8) is 0 Å². The van der Waals surface area contributed by atoms with Crippen LogP contribution in [-0.2, 0) is 11.2 Å². The predicted octanol–water partition coefficient (Wildman–Crippen LogP) is 1.37. The van der Waals surface area contributed by atoms with Crippen molar-refractivity contribution in [1.29, 1.82) is 0 Å². The third-order valence-electron chi connectivity index (χ3n) is 3.86. The van der Waals surface area contributed by atoms with E-state index in [-0.39, 0.29) is 12.0 Å². The molecule has 1 aliphatic heterocycles. The molecule has 3 heterocycles. The first-order valence-electron chi connectivity index (χ1n) is 8.03. The van der Waals surface area contributed by atoms with Gasteiger partial charge in [0.2, 0.25) is 0 Å². The highest BCUT2D eigenvalue weighted by Gasteiger charge is 2.29. The maximum atomic E-state index is 12.7. The number of hydrogen-bond donors (Lipinski definition) is 1. The zero-order valence-corrected chi connectivity index (χ0v) is 13.9. The van der Waals surface area contributed by atoms with Crippen molar-refractivity contribution >= 4 is 5.91 Å². The van der Waals surface area contributed by atoms with Crippen LogP contribution in [0.3, 0.4) is 0 Å². The lowest BCUT2D eigenvalue weighted by Crippen LogP contribution is -2.42. The number of amides is 1. The molecule has 8 heteroatoms. The van der Waals surface area contributed by atoms with Gasteiger partial charge in [0.1, 0.15) is 23.4 Å². The number of ether oxygens (including phenoxy) is 2. The number of carbonyl (C=O) groups is 1. The van der Waals surface area contributed by atoms with Crippen molar-refractivity contribution in [2.75, 3.05) is 26.8 Å². The number of aromatic amines is 1. The van der Waals surface area contributed by atoms with Gasteiger partial charge in [0, 0.05) is 25.2 Å². The molecule has 1 saturated heterocycles. The number of nitrogens with zero attached hydrogens (tertiary/aromatic N) is 4. The lowest BCUT2D eigenvalue weighted by Gasteiger charge is -2.31. The van der Waals surface area contributed by atoms with Crippen LogP contribution in [0, 0.1) is 0 Å². The summed E-state index contributed by atoms with van der Waals surface area (Å²) in [5, 5.41) is 7.14. The minimum absolute atomic E-state index is 0.147. The Bertz CT molecular complexity index is 703. The van der Waals surface area contributed by atoms with Gasteiger partial charge in [-0.2, -0.15) is 5.10 Å². The molecule has 0 saturated carbocycles. The van der Waals surface area contributed by atoms with Crippen molar-refractivity contribution < 1.29 is 14.3 Å². The van der Waals surface area contributed by atoms with Crippen LogP contribution >= 0.6 is 0 Å². The third-order valence-corrected chi connectivity index (χ3v) is 3.86. The van der Waals surface area contributed by atoms with Gasteiger partial charge >= 0.3 is 0 Å². The monoisotopic (exact) mass is 331 g/mol. The van der Waals surface area contributed by atoms with Crippen LogP contribution in [0.2, 0.25) is 0 Å². The van der Waals surface area contributed by atoms with Crippen molar-refractivity contribution in [3.8, 4) is 5.75 Å². The van der Waals surface area contributed by atoms with Crippen LogP contribution in [0.25, 0.3) is 0 Å². The number of carbonyl (C=O) groups excluding carboxylic acids is 1. The molecular weight excluding hydrogens is 310 g/mol. The summed E-state index contributed by atoms with van der Waals surface area (Å²) in [7, 11) is 1.56. The summed E-state index contributed by atoms with van der Waals surface area (Å²) in [6.07, 6.45) is 3.08. The Morgan fingerprint density at radius 1 is 1.54 bits per heavy atom. The Morgan fingerprint density at radius 2 is 2.42 bits per heavy atom. The molecule has 24 heavy (non-hydrogen) atoms. The smallest absolute Gasteiger partial charge is 0.272 e. The number of nitrogens with one attached hydrogen (secondary N) is 1. The molecule has 1 aliphatic rings. The number of aryl methyl sites for hydroxylation is 1. The molecule has 0 aromatic carbocycles. The fourth-order valence-corrected chi connectivity index (χ4v) is 2.61. The fourth-order valence-electron chi connectivity index (χ4n) is 2.61. The molecule has 2 aromatic heterocycles. The average molecular weight is 331 g/mol. The molecule has 0 aliphatic carbocycles.